The molecule has 0 bridgehead atoms. The summed E-state index contributed by atoms with van der Waals surface area (Å²) in [7, 11) is -3.76. The van der Waals surface area contributed by atoms with E-state index in [9.17, 15) is 18.0 Å². The lowest BCUT2D eigenvalue weighted by Crippen LogP contribution is -2.52. The molecule has 192 valence electrons. The zero-order valence-electron chi connectivity index (χ0n) is 21.7. The van der Waals surface area contributed by atoms with E-state index in [0.29, 0.717) is 18.7 Å². The molecule has 2 aromatic carbocycles. The maximum absolute atomic E-state index is 13.7. The average Bonchev–Trinajstić information content (AvgIpc) is 2.80. The molecule has 1 atom stereocenters. The Balaban J connectivity index is 2.46. The molecule has 0 heterocycles. The van der Waals surface area contributed by atoms with Crippen molar-refractivity contribution in [2.45, 2.75) is 59.5 Å². The maximum Gasteiger partial charge on any atom is 0.244 e. The monoisotopic (exact) mass is 501 g/mol. The van der Waals surface area contributed by atoms with Crippen LogP contribution in [0, 0.1) is 5.92 Å². The van der Waals surface area contributed by atoms with E-state index in [1.165, 1.54) is 4.90 Å². The van der Waals surface area contributed by atoms with E-state index >= 15 is 0 Å². The number of carbonyl (C=O) groups excluding carboxylic acids is 2. The Morgan fingerprint density at radius 1 is 0.943 bits per heavy atom. The second-order valence-corrected chi connectivity index (χ2v) is 11.5. The Morgan fingerprint density at radius 2 is 1.54 bits per heavy atom. The molecule has 0 aromatic heterocycles. The minimum Gasteiger partial charge on any atom is -0.354 e. The van der Waals surface area contributed by atoms with Crippen LogP contribution in [0.5, 0.6) is 0 Å². The fraction of sp³-hybridized carbons (Fsp3) is 0.481. The highest BCUT2D eigenvalue weighted by Gasteiger charge is 2.32. The van der Waals surface area contributed by atoms with Gasteiger partial charge < -0.3 is 10.2 Å². The fourth-order valence-electron chi connectivity index (χ4n) is 3.92. The minimum absolute atomic E-state index is 0.0659. The number of benzene rings is 2. The lowest BCUT2D eigenvalue weighted by atomic mass is 10.0. The number of para-hydroxylation sites is 1. The lowest BCUT2D eigenvalue weighted by Gasteiger charge is -2.33. The third-order valence-corrected chi connectivity index (χ3v) is 6.90. The van der Waals surface area contributed by atoms with Crippen molar-refractivity contribution in [2.75, 3.05) is 23.7 Å². The van der Waals surface area contributed by atoms with Crippen LogP contribution in [0.4, 0.5) is 5.69 Å². The van der Waals surface area contributed by atoms with E-state index in [0.717, 1.165) is 21.7 Å². The molecule has 8 heteroatoms. The van der Waals surface area contributed by atoms with Crippen LogP contribution in [0.15, 0.2) is 54.6 Å². The number of rotatable bonds is 12. The lowest BCUT2D eigenvalue weighted by molar-refractivity contribution is -0.140. The highest BCUT2D eigenvalue weighted by Crippen LogP contribution is 2.29. The van der Waals surface area contributed by atoms with Crippen LogP contribution in [0.3, 0.4) is 0 Å². The van der Waals surface area contributed by atoms with Gasteiger partial charge in [0.05, 0.1) is 11.9 Å². The summed E-state index contributed by atoms with van der Waals surface area (Å²) in [6.45, 7) is 10.1. The van der Waals surface area contributed by atoms with Gasteiger partial charge >= 0.3 is 0 Å². The molecule has 0 aliphatic heterocycles. The summed E-state index contributed by atoms with van der Waals surface area (Å²) in [4.78, 5) is 28.3. The molecular weight excluding hydrogens is 462 g/mol. The van der Waals surface area contributed by atoms with Crippen LogP contribution < -0.4 is 9.62 Å². The molecule has 1 N–H and O–H groups in total. The second kappa shape index (κ2) is 12.7. The Labute approximate surface area is 210 Å². The highest BCUT2D eigenvalue weighted by molar-refractivity contribution is 7.92. The van der Waals surface area contributed by atoms with Crippen LogP contribution in [0.2, 0.25) is 0 Å². The van der Waals surface area contributed by atoms with Crippen LogP contribution >= 0.6 is 0 Å². The first-order chi connectivity index (χ1) is 16.5. The summed E-state index contributed by atoms with van der Waals surface area (Å²) >= 11 is 0. The quantitative estimate of drug-likeness (QED) is 0.473. The molecule has 0 unspecified atom stereocenters. The summed E-state index contributed by atoms with van der Waals surface area (Å²) < 4.78 is 26.9. The van der Waals surface area contributed by atoms with Crippen molar-refractivity contribution < 1.29 is 18.0 Å². The van der Waals surface area contributed by atoms with E-state index in [1.807, 2.05) is 77.1 Å². The molecular formula is C27H39N3O4S. The van der Waals surface area contributed by atoms with Gasteiger partial charge in [0.15, 0.2) is 0 Å². The van der Waals surface area contributed by atoms with E-state index in [2.05, 4.69) is 5.32 Å². The smallest absolute Gasteiger partial charge is 0.244 e. The van der Waals surface area contributed by atoms with Crippen molar-refractivity contribution in [3.8, 4) is 0 Å². The Hall–Kier alpha value is -2.87. The van der Waals surface area contributed by atoms with E-state index < -0.39 is 22.0 Å². The van der Waals surface area contributed by atoms with Crippen molar-refractivity contribution in [1.82, 2.24) is 10.2 Å². The number of hydrogen-bond donors (Lipinski definition) is 1. The predicted molar refractivity (Wildman–Crippen MR) is 142 cm³/mol. The van der Waals surface area contributed by atoms with Gasteiger partial charge in [0.2, 0.25) is 21.8 Å². The molecule has 2 amide bonds. The first kappa shape index (κ1) is 28.4. The number of anilines is 1. The van der Waals surface area contributed by atoms with Gasteiger partial charge in [0.25, 0.3) is 0 Å². The summed E-state index contributed by atoms with van der Waals surface area (Å²) in [5, 5.41) is 2.93. The zero-order valence-corrected chi connectivity index (χ0v) is 22.5. The first-order valence-corrected chi connectivity index (χ1v) is 14.0. The van der Waals surface area contributed by atoms with Gasteiger partial charge in [-0.3, -0.25) is 13.9 Å². The maximum atomic E-state index is 13.7. The number of hydrogen-bond acceptors (Lipinski definition) is 4. The molecule has 35 heavy (non-hydrogen) atoms. The number of nitrogens with zero attached hydrogens (tertiary/aromatic N) is 2. The number of nitrogens with one attached hydrogen (secondary N) is 1. The van der Waals surface area contributed by atoms with Crippen molar-refractivity contribution >= 4 is 27.5 Å². The van der Waals surface area contributed by atoms with Gasteiger partial charge in [-0.25, -0.2) is 8.42 Å². The molecule has 2 aromatic rings. The molecule has 2 rings (SSSR count). The average molecular weight is 502 g/mol. The van der Waals surface area contributed by atoms with Crippen LogP contribution in [0.1, 0.15) is 58.1 Å². The van der Waals surface area contributed by atoms with Gasteiger partial charge in [-0.15, -0.1) is 0 Å². The SMILES string of the molecule is CC[C@@H](C(=O)NCC(C)C)N(Cc1ccccc1)C(=O)CN(c1ccccc1C(C)C)S(C)(=O)=O. The first-order valence-electron chi connectivity index (χ1n) is 12.1. The Morgan fingerprint density at radius 3 is 2.09 bits per heavy atom. The van der Waals surface area contributed by atoms with Crippen LogP contribution in [-0.4, -0.2) is 50.5 Å². The van der Waals surface area contributed by atoms with Crippen molar-refractivity contribution in [3.05, 3.63) is 65.7 Å². The van der Waals surface area contributed by atoms with E-state index in [-0.39, 0.29) is 30.8 Å². The van der Waals surface area contributed by atoms with Gasteiger partial charge in [0, 0.05) is 13.1 Å². The molecule has 0 aliphatic carbocycles. The molecule has 0 fully saturated rings. The third-order valence-electron chi connectivity index (χ3n) is 5.77. The minimum atomic E-state index is -3.76. The van der Waals surface area contributed by atoms with Gasteiger partial charge in [-0.2, -0.15) is 0 Å². The van der Waals surface area contributed by atoms with Crippen molar-refractivity contribution in [2.24, 2.45) is 5.92 Å². The van der Waals surface area contributed by atoms with E-state index in [1.54, 1.807) is 12.1 Å². The highest BCUT2D eigenvalue weighted by atomic mass is 32.2. The number of carbonyl (C=O) groups is 2. The molecule has 7 nitrogen and oxygen atoms in total. The van der Waals surface area contributed by atoms with Gasteiger partial charge in [0.1, 0.15) is 12.6 Å². The summed E-state index contributed by atoms with van der Waals surface area (Å²) in [6.07, 6.45) is 1.51. The molecule has 0 spiro atoms. The normalized spacial score (nSPS) is 12.5. The number of amides is 2. The molecule has 0 saturated heterocycles. The fourth-order valence-corrected chi connectivity index (χ4v) is 4.79. The predicted octanol–water partition coefficient (Wildman–Crippen LogP) is 4.16. The topological polar surface area (TPSA) is 86.8 Å². The van der Waals surface area contributed by atoms with Crippen molar-refractivity contribution in [1.29, 1.82) is 0 Å². The second-order valence-electron chi connectivity index (χ2n) is 9.55. The molecule has 0 radical (unpaired) electrons. The Bertz CT molecular complexity index is 1080. The summed E-state index contributed by atoms with van der Waals surface area (Å²) in [6, 6.07) is 15.9. The zero-order chi connectivity index (χ0) is 26.2. The number of sulfonamides is 1. The third kappa shape index (κ3) is 8.09. The van der Waals surface area contributed by atoms with E-state index in [4.69, 9.17) is 0 Å². The Kier molecular flexibility index (Phi) is 10.3. The summed E-state index contributed by atoms with van der Waals surface area (Å²) in [5.41, 5.74) is 2.18. The van der Waals surface area contributed by atoms with Crippen LogP contribution in [-0.2, 0) is 26.2 Å². The summed E-state index contributed by atoms with van der Waals surface area (Å²) in [5.74, 6) is -0.331. The van der Waals surface area contributed by atoms with Gasteiger partial charge in [-0.05, 0) is 35.4 Å². The molecule has 0 saturated carbocycles. The molecule has 0 aliphatic rings. The van der Waals surface area contributed by atoms with Crippen LogP contribution in [0.25, 0.3) is 0 Å². The largest absolute Gasteiger partial charge is 0.354 e. The standard InChI is InChI=1S/C27H39N3O4S/c1-7-24(27(32)28-17-20(2)3)29(18-22-13-9-8-10-14-22)26(31)19-30(35(6,33)34)25-16-12-11-15-23(25)21(4)5/h8-16,20-21,24H,7,17-19H2,1-6H3,(H,28,32)/t24-/m0/s1. The van der Waals surface area contributed by atoms with Gasteiger partial charge in [-0.1, -0.05) is 83.1 Å². The van der Waals surface area contributed by atoms with Crippen molar-refractivity contribution in [3.63, 3.8) is 0 Å².